The molecule has 0 radical (unpaired) electrons. The van der Waals surface area contributed by atoms with E-state index in [1.807, 2.05) is 31.2 Å². The molecule has 0 bridgehead atoms. The number of halogens is 1. The molecule has 0 aromatic heterocycles. The summed E-state index contributed by atoms with van der Waals surface area (Å²) in [6.45, 7) is 10.5. The number of amides is 1. The van der Waals surface area contributed by atoms with E-state index < -0.39 is 0 Å². The van der Waals surface area contributed by atoms with Gasteiger partial charge in [-0.2, -0.15) is 0 Å². The molecule has 1 aliphatic rings. The number of rotatable bonds is 5. The highest BCUT2D eigenvalue weighted by Crippen LogP contribution is 2.16. The van der Waals surface area contributed by atoms with Gasteiger partial charge in [0.1, 0.15) is 0 Å². The Balaban J connectivity index is 0.00000312. The fourth-order valence-corrected chi connectivity index (χ4v) is 3.05. The lowest BCUT2D eigenvalue weighted by Gasteiger charge is -2.33. The van der Waals surface area contributed by atoms with Crippen molar-refractivity contribution in [1.29, 1.82) is 0 Å². The van der Waals surface area contributed by atoms with Gasteiger partial charge in [0.2, 0.25) is 0 Å². The van der Waals surface area contributed by atoms with Crippen LogP contribution in [0.25, 0.3) is 0 Å². The highest BCUT2D eigenvalue weighted by Gasteiger charge is 2.19. The quantitative estimate of drug-likeness (QED) is 0.405. The number of carbonyl (C=O) groups is 1. The summed E-state index contributed by atoms with van der Waals surface area (Å²) in [7, 11) is 0. The Hall–Kier alpha value is -1.31. The Morgan fingerprint density at radius 2 is 2.04 bits per heavy atom. The van der Waals surface area contributed by atoms with E-state index in [4.69, 9.17) is 4.99 Å². The van der Waals surface area contributed by atoms with Gasteiger partial charge in [0.15, 0.2) is 5.96 Å². The lowest BCUT2D eigenvalue weighted by atomic mass is 10.0. The summed E-state index contributed by atoms with van der Waals surface area (Å²) in [5.74, 6) is 1.66. The smallest absolute Gasteiger partial charge is 0.251 e. The highest BCUT2D eigenvalue weighted by molar-refractivity contribution is 14.0. The molecule has 2 rings (SSSR count). The van der Waals surface area contributed by atoms with Gasteiger partial charge in [-0.25, -0.2) is 4.99 Å². The first kappa shape index (κ1) is 21.7. The summed E-state index contributed by atoms with van der Waals surface area (Å²) in [4.78, 5) is 19.1. The van der Waals surface area contributed by atoms with Crippen molar-refractivity contribution in [2.75, 3.05) is 26.2 Å². The van der Waals surface area contributed by atoms with Gasteiger partial charge < -0.3 is 15.5 Å². The Bertz CT molecular complexity index is 576. The number of likely N-dealkylation sites (tertiary alicyclic amines) is 1. The minimum Gasteiger partial charge on any atom is -0.357 e. The predicted octanol–water partition coefficient (Wildman–Crippen LogP) is 3.25. The summed E-state index contributed by atoms with van der Waals surface area (Å²) in [5.41, 5.74) is 1.75. The van der Waals surface area contributed by atoms with E-state index in [-0.39, 0.29) is 29.9 Å². The van der Waals surface area contributed by atoms with Crippen molar-refractivity contribution in [3.8, 4) is 0 Å². The van der Waals surface area contributed by atoms with Gasteiger partial charge in [0.05, 0.1) is 6.54 Å². The predicted molar refractivity (Wildman–Crippen MR) is 115 cm³/mol. The van der Waals surface area contributed by atoms with Crippen LogP contribution in [-0.2, 0) is 6.54 Å². The van der Waals surface area contributed by atoms with Crippen LogP contribution in [0.3, 0.4) is 0 Å². The highest BCUT2D eigenvalue weighted by atomic mass is 127. The molecular weight excluding hydrogens is 427 g/mol. The van der Waals surface area contributed by atoms with Crippen molar-refractivity contribution in [2.45, 2.75) is 40.2 Å². The van der Waals surface area contributed by atoms with Crippen LogP contribution in [0.4, 0.5) is 0 Å². The number of hydrogen-bond acceptors (Lipinski definition) is 2. The second-order valence-electron chi connectivity index (χ2n) is 6.42. The maximum Gasteiger partial charge on any atom is 0.251 e. The molecule has 0 aliphatic carbocycles. The van der Waals surface area contributed by atoms with Crippen LogP contribution in [0.15, 0.2) is 29.3 Å². The molecule has 1 unspecified atom stereocenters. The van der Waals surface area contributed by atoms with E-state index in [9.17, 15) is 4.79 Å². The summed E-state index contributed by atoms with van der Waals surface area (Å²) in [6, 6.07) is 7.71. The van der Waals surface area contributed by atoms with Crippen molar-refractivity contribution in [1.82, 2.24) is 15.5 Å². The second kappa shape index (κ2) is 11.3. The summed E-state index contributed by atoms with van der Waals surface area (Å²) in [5, 5.41) is 6.23. The Morgan fingerprint density at radius 3 is 2.72 bits per heavy atom. The van der Waals surface area contributed by atoms with Gasteiger partial charge in [0, 0.05) is 31.7 Å². The number of piperidine rings is 1. The standard InChI is InChI=1S/C19H30N4O.HI/c1-4-20-18(24)17-10-6-9-16(12-17)13-22-19(21-5-2)23-11-7-8-15(3)14-23;/h6,9-10,12,15H,4-5,7-8,11,13-14H2,1-3H3,(H,20,24)(H,21,22);1H. The fraction of sp³-hybridized carbons (Fsp3) is 0.579. The molecule has 140 valence electrons. The third kappa shape index (κ3) is 6.84. The largest absolute Gasteiger partial charge is 0.357 e. The van der Waals surface area contributed by atoms with E-state index in [0.29, 0.717) is 24.6 Å². The average molecular weight is 458 g/mol. The van der Waals surface area contributed by atoms with Crippen LogP contribution in [0.5, 0.6) is 0 Å². The average Bonchev–Trinajstić information content (AvgIpc) is 2.59. The molecule has 5 nitrogen and oxygen atoms in total. The zero-order chi connectivity index (χ0) is 17.4. The first-order valence-corrected chi connectivity index (χ1v) is 9.04. The van der Waals surface area contributed by atoms with Crippen molar-refractivity contribution >= 4 is 35.8 Å². The van der Waals surface area contributed by atoms with Crippen LogP contribution in [0, 0.1) is 5.92 Å². The van der Waals surface area contributed by atoms with E-state index in [1.54, 1.807) is 0 Å². The third-order valence-electron chi connectivity index (χ3n) is 4.23. The van der Waals surface area contributed by atoms with Gasteiger partial charge in [-0.1, -0.05) is 19.1 Å². The zero-order valence-electron chi connectivity index (χ0n) is 15.5. The van der Waals surface area contributed by atoms with Gasteiger partial charge in [-0.3, -0.25) is 4.79 Å². The number of guanidine groups is 1. The van der Waals surface area contributed by atoms with Crippen LogP contribution < -0.4 is 10.6 Å². The Kier molecular flexibility index (Phi) is 9.85. The zero-order valence-corrected chi connectivity index (χ0v) is 17.9. The second-order valence-corrected chi connectivity index (χ2v) is 6.42. The number of hydrogen-bond donors (Lipinski definition) is 2. The topological polar surface area (TPSA) is 56.7 Å². The number of carbonyl (C=O) groups excluding carboxylic acids is 1. The van der Waals surface area contributed by atoms with Crippen LogP contribution >= 0.6 is 24.0 Å². The number of aliphatic imine (C=N–C) groups is 1. The summed E-state index contributed by atoms with van der Waals surface area (Å²) >= 11 is 0. The van der Waals surface area contributed by atoms with Crippen LogP contribution in [-0.4, -0.2) is 42.9 Å². The van der Waals surface area contributed by atoms with Gasteiger partial charge in [0.25, 0.3) is 5.91 Å². The Labute approximate surface area is 168 Å². The minimum atomic E-state index is -0.0277. The van der Waals surface area contributed by atoms with Crippen molar-refractivity contribution in [3.05, 3.63) is 35.4 Å². The van der Waals surface area contributed by atoms with E-state index in [0.717, 1.165) is 31.2 Å². The first-order valence-electron chi connectivity index (χ1n) is 9.04. The van der Waals surface area contributed by atoms with E-state index >= 15 is 0 Å². The molecule has 1 saturated heterocycles. The maximum absolute atomic E-state index is 12.0. The molecule has 1 fully saturated rings. The van der Waals surface area contributed by atoms with Crippen molar-refractivity contribution < 1.29 is 4.79 Å². The van der Waals surface area contributed by atoms with Crippen LogP contribution in [0.2, 0.25) is 0 Å². The molecule has 6 heteroatoms. The molecule has 0 saturated carbocycles. The molecule has 2 N–H and O–H groups in total. The normalized spacial score (nSPS) is 17.6. The molecule has 1 aromatic rings. The fourth-order valence-electron chi connectivity index (χ4n) is 3.05. The number of benzene rings is 1. The number of nitrogens with one attached hydrogen (secondary N) is 2. The first-order chi connectivity index (χ1) is 11.6. The minimum absolute atomic E-state index is 0. The molecule has 1 amide bonds. The monoisotopic (exact) mass is 458 g/mol. The van der Waals surface area contributed by atoms with Crippen molar-refractivity contribution in [2.24, 2.45) is 10.9 Å². The summed E-state index contributed by atoms with van der Waals surface area (Å²) < 4.78 is 0. The molecule has 1 aliphatic heterocycles. The van der Waals surface area contributed by atoms with Gasteiger partial charge in [-0.15, -0.1) is 24.0 Å². The van der Waals surface area contributed by atoms with Gasteiger partial charge in [-0.05, 0) is 50.3 Å². The molecule has 1 aromatic carbocycles. The maximum atomic E-state index is 12.0. The lowest BCUT2D eigenvalue weighted by Crippen LogP contribution is -2.46. The molecular formula is C19H31IN4O. The van der Waals surface area contributed by atoms with Gasteiger partial charge >= 0.3 is 0 Å². The molecule has 25 heavy (non-hydrogen) atoms. The number of nitrogens with zero attached hydrogens (tertiary/aromatic N) is 2. The summed E-state index contributed by atoms with van der Waals surface area (Å²) in [6.07, 6.45) is 2.52. The lowest BCUT2D eigenvalue weighted by molar-refractivity contribution is 0.0955. The van der Waals surface area contributed by atoms with Crippen molar-refractivity contribution in [3.63, 3.8) is 0 Å². The third-order valence-corrected chi connectivity index (χ3v) is 4.23. The SMILES string of the molecule is CCNC(=O)c1cccc(CN=C(NCC)N2CCCC(C)C2)c1.I. The van der Waals surface area contributed by atoms with E-state index in [1.165, 1.54) is 12.8 Å². The van der Waals surface area contributed by atoms with E-state index in [2.05, 4.69) is 29.4 Å². The molecule has 1 heterocycles. The Morgan fingerprint density at radius 1 is 1.28 bits per heavy atom. The molecule has 1 atom stereocenters. The molecule has 0 spiro atoms. The van der Waals surface area contributed by atoms with Crippen LogP contribution in [0.1, 0.15) is 49.5 Å².